The zero-order valence-corrected chi connectivity index (χ0v) is 7.98. The van der Waals surface area contributed by atoms with Gasteiger partial charge in [0.2, 0.25) is 0 Å². The van der Waals surface area contributed by atoms with Crippen LogP contribution in [0.5, 0.6) is 0 Å². The van der Waals surface area contributed by atoms with E-state index in [9.17, 15) is 0 Å². The molecular weight excluding hydrogens is 174 g/mol. The van der Waals surface area contributed by atoms with Gasteiger partial charge in [0.15, 0.2) is 0 Å². The van der Waals surface area contributed by atoms with E-state index in [1.54, 1.807) is 0 Å². The number of benzene rings is 1. The lowest BCUT2D eigenvalue weighted by Gasteiger charge is -2.03. The summed E-state index contributed by atoms with van der Waals surface area (Å²) in [5.74, 6) is 0. The number of nitrogens with two attached hydrogens (primary N) is 1. The fraction of sp³-hybridized carbons (Fsp3) is 0.273. The summed E-state index contributed by atoms with van der Waals surface area (Å²) in [4.78, 5) is 0. The summed E-state index contributed by atoms with van der Waals surface area (Å²) in [6.07, 6.45) is 3.81. The Labute approximate surface area is 83.0 Å². The lowest BCUT2D eigenvalue weighted by atomic mass is 10.1. The van der Waals surface area contributed by atoms with Crippen molar-refractivity contribution in [3.05, 3.63) is 36.0 Å². The quantitative estimate of drug-likeness (QED) is 0.792. The van der Waals surface area contributed by atoms with Crippen LogP contribution < -0.4 is 5.73 Å². The molecule has 0 spiro atoms. The van der Waals surface area contributed by atoms with Crippen molar-refractivity contribution in [1.29, 1.82) is 0 Å². The van der Waals surface area contributed by atoms with Gasteiger partial charge in [-0.15, -0.1) is 0 Å². The highest BCUT2D eigenvalue weighted by Crippen LogP contribution is 2.15. The molecule has 0 aliphatic rings. The predicted molar refractivity (Wildman–Crippen MR) is 56.9 cm³/mol. The third-order valence-corrected chi connectivity index (χ3v) is 2.28. The highest BCUT2D eigenvalue weighted by molar-refractivity contribution is 5.81. The zero-order valence-electron chi connectivity index (χ0n) is 7.98. The fourth-order valence-electron chi connectivity index (χ4n) is 1.55. The number of hydrogen-bond acceptors (Lipinski definition) is 3. The Morgan fingerprint density at radius 3 is 2.93 bits per heavy atom. The van der Waals surface area contributed by atoms with Gasteiger partial charge in [-0.1, -0.05) is 18.2 Å². The van der Waals surface area contributed by atoms with Crippen molar-refractivity contribution in [2.75, 3.05) is 6.54 Å². The predicted octanol–water partition coefficient (Wildman–Crippen LogP) is 1.52. The molecule has 0 fully saturated rings. The molecule has 72 valence electrons. The molecule has 1 aromatic carbocycles. The first-order valence-electron chi connectivity index (χ1n) is 4.81. The first-order valence-corrected chi connectivity index (χ1v) is 4.81. The molecule has 0 unspecified atom stereocenters. The molecule has 0 atom stereocenters. The molecule has 2 N–H and O–H groups in total. The van der Waals surface area contributed by atoms with Crippen LogP contribution in [0, 0.1) is 0 Å². The van der Waals surface area contributed by atoms with Gasteiger partial charge in [-0.25, -0.2) is 0 Å². The standard InChI is InChI=1S/C11H13N3/c12-7-3-4-9-8-13-14-11-6-2-1-5-10(9)11/h1-2,5-6,8H,3-4,7,12H2. The van der Waals surface area contributed by atoms with Gasteiger partial charge in [-0.2, -0.15) is 10.2 Å². The molecule has 2 rings (SSSR count). The van der Waals surface area contributed by atoms with Crippen molar-refractivity contribution in [2.24, 2.45) is 5.73 Å². The van der Waals surface area contributed by atoms with Crippen LogP contribution in [-0.4, -0.2) is 16.7 Å². The summed E-state index contributed by atoms with van der Waals surface area (Å²) in [7, 11) is 0. The van der Waals surface area contributed by atoms with Gasteiger partial charge in [0.1, 0.15) is 0 Å². The Bertz CT molecular complexity index is 420. The van der Waals surface area contributed by atoms with Gasteiger partial charge in [-0.3, -0.25) is 0 Å². The van der Waals surface area contributed by atoms with Gasteiger partial charge in [-0.05, 0) is 31.0 Å². The summed E-state index contributed by atoms with van der Waals surface area (Å²) in [6.45, 7) is 0.719. The van der Waals surface area contributed by atoms with Crippen LogP contribution in [0.4, 0.5) is 0 Å². The summed E-state index contributed by atoms with van der Waals surface area (Å²) in [6, 6.07) is 8.06. The summed E-state index contributed by atoms with van der Waals surface area (Å²) in [5, 5.41) is 9.23. The van der Waals surface area contributed by atoms with E-state index in [0.717, 1.165) is 24.9 Å². The Hall–Kier alpha value is -1.48. The average Bonchev–Trinajstić information content (AvgIpc) is 2.26. The van der Waals surface area contributed by atoms with E-state index < -0.39 is 0 Å². The van der Waals surface area contributed by atoms with Gasteiger partial charge < -0.3 is 5.73 Å². The van der Waals surface area contributed by atoms with Crippen molar-refractivity contribution in [3.8, 4) is 0 Å². The molecule has 0 aliphatic carbocycles. The number of fused-ring (bicyclic) bond motifs is 1. The molecule has 1 heterocycles. The number of nitrogens with zero attached hydrogens (tertiary/aromatic N) is 2. The first-order chi connectivity index (χ1) is 6.92. The highest BCUT2D eigenvalue weighted by atomic mass is 15.1. The smallest absolute Gasteiger partial charge is 0.0932 e. The SMILES string of the molecule is NCCCc1cnnc2ccccc12. The van der Waals surface area contributed by atoms with Gasteiger partial charge in [0.05, 0.1) is 11.7 Å². The molecule has 0 saturated carbocycles. The second-order valence-electron chi connectivity index (χ2n) is 3.28. The van der Waals surface area contributed by atoms with E-state index in [-0.39, 0.29) is 0 Å². The second-order valence-corrected chi connectivity index (χ2v) is 3.28. The Morgan fingerprint density at radius 2 is 2.07 bits per heavy atom. The van der Waals surface area contributed by atoms with Crippen LogP contribution in [-0.2, 0) is 6.42 Å². The lowest BCUT2D eigenvalue weighted by molar-refractivity contribution is 0.829. The number of hydrogen-bond donors (Lipinski definition) is 1. The van der Waals surface area contributed by atoms with Crippen molar-refractivity contribution < 1.29 is 0 Å². The van der Waals surface area contributed by atoms with Crippen LogP contribution in [0.15, 0.2) is 30.5 Å². The van der Waals surface area contributed by atoms with E-state index in [1.807, 2.05) is 24.4 Å². The molecule has 14 heavy (non-hydrogen) atoms. The maximum atomic E-state index is 5.48. The maximum absolute atomic E-state index is 5.48. The van der Waals surface area contributed by atoms with E-state index in [2.05, 4.69) is 16.3 Å². The molecule has 1 aromatic heterocycles. The normalized spacial score (nSPS) is 10.6. The maximum Gasteiger partial charge on any atom is 0.0932 e. The van der Waals surface area contributed by atoms with Crippen LogP contribution in [0.2, 0.25) is 0 Å². The molecule has 3 heteroatoms. The van der Waals surface area contributed by atoms with Crippen LogP contribution in [0.3, 0.4) is 0 Å². The number of rotatable bonds is 3. The Kier molecular flexibility index (Phi) is 2.70. The topological polar surface area (TPSA) is 51.8 Å². The van der Waals surface area contributed by atoms with Gasteiger partial charge in [0.25, 0.3) is 0 Å². The fourth-order valence-corrected chi connectivity index (χ4v) is 1.55. The summed E-state index contributed by atoms with van der Waals surface area (Å²) < 4.78 is 0. The van der Waals surface area contributed by atoms with E-state index in [1.165, 1.54) is 10.9 Å². The van der Waals surface area contributed by atoms with Crippen LogP contribution >= 0.6 is 0 Å². The third-order valence-electron chi connectivity index (χ3n) is 2.28. The first kappa shape index (κ1) is 9.09. The highest BCUT2D eigenvalue weighted by Gasteiger charge is 2.00. The minimum Gasteiger partial charge on any atom is -0.330 e. The molecule has 0 saturated heterocycles. The number of aromatic nitrogens is 2. The molecule has 0 amide bonds. The van der Waals surface area contributed by atoms with Crippen LogP contribution in [0.1, 0.15) is 12.0 Å². The molecule has 0 bridgehead atoms. The van der Waals surface area contributed by atoms with Crippen molar-refractivity contribution in [1.82, 2.24) is 10.2 Å². The number of aryl methyl sites for hydroxylation is 1. The minimum absolute atomic E-state index is 0.719. The monoisotopic (exact) mass is 187 g/mol. The minimum atomic E-state index is 0.719. The average molecular weight is 187 g/mol. The van der Waals surface area contributed by atoms with E-state index in [4.69, 9.17) is 5.73 Å². The molecule has 0 radical (unpaired) electrons. The van der Waals surface area contributed by atoms with E-state index in [0.29, 0.717) is 0 Å². The lowest BCUT2D eigenvalue weighted by Crippen LogP contribution is -2.01. The van der Waals surface area contributed by atoms with Crippen molar-refractivity contribution in [2.45, 2.75) is 12.8 Å². The summed E-state index contributed by atoms with van der Waals surface area (Å²) in [5.41, 5.74) is 7.68. The molecule has 0 aliphatic heterocycles. The van der Waals surface area contributed by atoms with Gasteiger partial charge >= 0.3 is 0 Å². The second kappa shape index (κ2) is 4.15. The van der Waals surface area contributed by atoms with E-state index >= 15 is 0 Å². The van der Waals surface area contributed by atoms with Crippen LogP contribution in [0.25, 0.3) is 10.9 Å². The molecule has 3 nitrogen and oxygen atoms in total. The Morgan fingerprint density at radius 1 is 1.21 bits per heavy atom. The molecular formula is C11H13N3. The zero-order chi connectivity index (χ0) is 9.80. The molecule has 2 aromatic rings. The van der Waals surface area contributed by atoms with Crippen molar-refractivity contribution in [3.63, 3.8) is 0 Å². The third kappa shape index (κ3) is 1.72. The van der Waals surface area contributed by atoms with Gasteiger partial charge in [0, 0.05) is 5.39 Å². The largest absolute Gasteiger partial charge is 0.330 e. The Balaban J connectivity index is 2.43. The van der Waals surface area contributed by atoms with Crippen molar-refractivity contribution >= 4 is 10.9 Å². The summed E-state index contributed by atoms with van der Waals surface area (Å²) >= 11 is 0.